The Hall–Kier alpha value is -2.72. The molecule has 0 bridgehead atoms. The second kappa shape index (κ2) is 7.45. The van der Waals surface area contributed by atoms with Crippen molar-refractivity contribution in [2.75, 3.05) is 13.7 Å². The van der Waals surface area contributed by atoms with Gasteiger partial charge in [0.2, 0.25) is 0 Å². The fourth-order valence-corrected chi connectivity index (χ4v) is 2.68. The lowest BCUT2D eigenvalue weighted by molar-refractivity contribution is 0.0756. The lowest BCUT2D eigenvalue weighted by Gasteiger charge is -2.16. The number of carbonyl (C=O) groups excluding carboxylic acids is 1. The highest BCUT2D eigenvalue weighted by molar-refractivity contribution is 6.31. The van der Waals surface area contributed by atoms with Crippen LogP contribution in [0.25, 0.3) is 11.0 Å². The zero-order valence-corrected chi connectivity index (χ0v) is 14.6. The molecule has 5 heteroatoms. The van der Waals surface area contributed by atoms with Gasteiger partial charge in [0.1, 0.15) is 17.9 Å². The lowest BCUT2D eigenvalue weighted by atomic mass is 10.2. The Balaban J connectivity index is 1.69. The molecular weight excluding hydrogens is 338 g/mol. The van der Waals surface area contributed by atoms with E-state index in [4.69, 9.17) is 20.8 Å². The standard InChI is InChI=1S/C20H18ClNO3/c1-3-10-24-17-7-4-14(5-8-17)13-22(2)20(23)19-12-15-11-16(21)6-9-18(15)25-19/h3-9,11-12H,1,10,13H2,2H3. The van der Waals surface area contributed by atoms with Gasteiger partial charge < -0.3 is 14.1 Å². The second-order valence-corrected chi connectivity index (χ2v) is 6.13. The van der Waals surface area contributed by atoms with E-state index in [0.717, 1.165) is 16.7 Å². The average molecular weight is 356 g/mol. The summed E-state index contributed by atoms with van der Waals surface area (Å²) in [6.07, 6.45) is 1.70. The molecular formula is C20H18ClNO3. The Kier molecular flexibility index (Phi) is 5.10. The van der Waals surface area contributed by atoms with Crippen molar-refractivity contribution >= 4 is 28.5 Å². The fraction of sp³-hybridized carbons (Fsp3) is 0.150. The monoisotopic (exact) mass is 355 g/mol. The molecule has 0 aliphatic heterocycles. The topological polar surface area (TPSA) is 42.7 Å². The average Bonchev–Trinajstić information content (AvgIpc) is 3.03. The lowest BCUT2D eigenvalue weighted by Crippen LogP contribution is -2.25. The minimum atomic E-state index is -0.181. The number of benzene rings is 2. The molecule has 0 saturated heterocycles. The van der Waals surface area contributed by atoms with Gasteiger partial charge in [0, 0.05) is 24.0 Å². The van der Waals surface area contributed by atoms with Gasteiger partial charge in [-0.1, -0.05) is 36.4 Å². The highest BCUT2D eigenvalue weighted by Crippen LogP contribution is 2.24. The van der Waals surface area contributed by atoms with Crippen LogP contribution in [-0.2, 0) is 6.54 Å². The van der Waals surface area contributed by atoms with E-state index in [0.29, 0.717) is 29.5 Å². The number of carbonyl (C=O) groups is 1. The molecule has 0 unspecified atom stereocenters. The Morgan fingerprint density at radius 1 is 1.24 bits per heavy atom. The molecule has 0 N–H and O–H groups in total. The number of ether oxygens (including phenoxy) is 1. The summed E-state index contributed by atoms with van der Waals surface area (Å²) in [5.41, 5.74) is 1.64. The number of hydrogen-bond donors (Lipinski definition) is 0. The Bertz CT molecular complexity index is 899. The van der Waals surface area contributed by atoms with E-state index in [1.807, 2.05) is 24.3 Å². The van der Waals surface area contributed by atoms with E-state index in [9.17, 15) is 4.79 Å². The van der Waals surface area contributed by atoms with Crippen LogP contribution in [0.4, 0.5) is 0 Å². The van der Waals surface area contributed by atoms with Gasteiger partial charge in [0.25, 0.3) is 5.91 Å². The van der Waals surface area contributed by atoms with Crippen LogP contribution in [0, 0.1) is 0 Å². The number of furan rings is 1. The van der Waals surface area contributed by atoms with E-state index in [-0.39, 0.29) is 5.91 Å². The number of fused-ring (bicyclic) bond motifs is 1. The van der Waals surface area contributed by atoms with Crippen LogP contribution < -0.4 is 4.74 Å². The summed E-state index contributed by atoms with van der Waals surface area (Å²) in [4.78, 5) is 14.2. The molecule has 0 aliphatic rings. The molecule has 0 spiro atoms. The van der Waals surface area contributed by atoms with E-state index < -0.39 is 0 Å². The molecule has 25 heavy (non-hydrogen) atoms. The van der Waals surface area contributed by atoms with Crippen molar-refractivity contribution in [3.05, 3.63) is 77.5 Å². The molecule has 4 nitrogen and oxygen atoms in total. The van der Waals surface area contributed by atoms with Crippen LogP contribution in [0.15, 0.2) is 65.6 Å². The summed E-state index contributed by atoms with van der Waals surface area (Å²) in [7, 11) is 1.74. The SMILES string of the molecule is C=CCOc1ccc(CN(C)C(=O)c2cc3cc(Cl)ccc3o2)cc1. The van der Waals surface area contributed by atoms with E-state index >= 15 is 0 Å². The van der Waals surface area contributed by atoms with Crippen LogP contribution in [-0.4, -0.2) is 24.5 Å². The summed E-state index contributed by atoms with van der Waals surface area (Å²) in [5.74, 6) is 0.886. The van der Waals surface area contributed by atoms with E-state index in [2.05, 4.69) is 6.58 Å². The normalized spacial score (nSPS) is 10.6. The molecule has 0 aliphatic carbocycles. The first-order valence-corrected chi connectivity index (χ1v) is 8.22. The largest absolute Gasteiger partial charge is 0.490 e. The summed E-state index contributed by atoms with van der Waals surface area (Å²) in [6.45, 7) is 4.55. The summed E-state index contributed by atoms with van der Waals surface area (Å²) in [6, 6.07) is 14.6. The van der Waals surface area contributed by atoms with Crippen LogP contribution in [0.5, 0.6) is 5.75 Å². The van der Waals surface area contributed by atoms with Gasteiger partial charge in [-0.25, -0.2) is 0 Å². The molecule has 0 fully saturated rings. The highest BCUT2D eigenvalue weighted by atomic mass is 35.5. The van der Waals surface area contributed by atoms with Crippen LogP contribution in [0.3, 0.4) is 0 Å². The van der Waals surface area contributed by atoms with Gasteiger partial charge in [-0.05, 0) is 42.0 Å². The Morgan fingerprint density at radius 3 is 2.72 bits per heavy atom. The fourth-order valence-electron chi connectivity index (χ4n) is 2.50. The molecule has 2 aromatic carbocycles. The predicted octanol–water partition coefficient (Wildman–Crippen LogP) is 4.92. The molecule has 128 valence electrons. The van der Waals surface area contributed by atoms with E-state index in [1.165, 1.54) is 0 Å². The second-order valence-electron chi connectivity index (χ2n) is 5.70. The Morgan fingerprint density at radius 2 is 2.00 bits per heavy atom. The quantitative estimate of drug-likeness (QED) is 0.589. The maximum atomic E-state index is 12.6. The van der Waals surface area contributed by atoms with Gasteiger partial charge in [-0.15, -0.1) is 0 Å². The van der Waals surface area contributed by atoms with Crippen molar-refractivity contribution in [3.63, 3.8) is 0 Å². The van der Waals surface area contributed by atoms with Gasteiger partial charge in [0.15, 0.2) is 5.76 Å². The molecule has 3 rings (SSSR count). The Labute approximate surface area is 151 Å². The maximum Gasteiger partial charge on any atom is 0.289 e. The van der Waals surface area contributed by atoms with Crippen LogP contribution >= 0.6 is 11.6 Å². The van der Waals surface area contributed by atoms with Crippen molar-refractivity contribution < 1.29 is 13.9 Å². The molecule has 3 aromatic rings. The van der Waals surface area contributed by atoms with Gasteiger partial charge >= 0.3 is 0 Å². The number of halogens is 1. The van der Waals surface area contributed by atoms with Gasteiger partial charge in [-0.3, -0.25) is 4.79 Å². The van der Waals surface area contributed by atoms with E-state index in [1.54, 1.807) is 42.3 Å². The number of nitrogens with zero attached hydrogens (tertiary/aromatic N) is 1. The van der Waals surface area contributed by atoms with Crippen molar-refractivity contribution in [2.24, 2.45) is 0 Å². The third kappa shape index (κ3) is 4.03. The van der Waals surface area contributed by atoms with Crippen molar-refractivity contribution in [2.45, 2.75) is 6.54 Å². The van der Waals surface area contributed by atoms with Crippen molar-refractivity contribution in [1.82, 2.24) is 4.90 Å². The highest BCUT2D eigenvalue weighted by Gasteiger charge is 2.17. The van der Waals surface area contributed by atoms with Gasteiger partial charge in [-0.2, -0.15) is 0 Å². The third-order valence-corrected chi connectivity index (χ3v) is 3.98. The van der Waals surface area contributed by atoms with Crippen LogP contribution in [0.2, 0.25) is 5.02 Å². The summed E-state index contributed by atoms with van der Waals surface area (Å²) < 4.78 is 11.1. The zero-order chi connectivity index (χ0) is 17.8. The first kappa shape index (κ1) is 17.1. The third-order valence-electron chi connectivity index (χ3n) is 3.75. The predicted molar refractivity (Wildman–Crippen MR) is 99.2 cm³/mol. The first-order chi connectivity index (χ1) is 12.1. The molecule has 1 aromatic heterocycles. The first-order valence-electron chi connectivity index (χ1n) is 7.84. The summed E-state index contributed by atoms with van der Waals surface area (Å²) in [5, 5.41) is 1.42. The van der Waals surface area contributed by atoms with Crippen molar-refractivity contribution in [1.29, 1.82) is 0 Å². The van der Waals surface area contributed by atoms with Gasteiger partial charge in [0.05, 0.1) is 0 Å². The molecule has 0 atom stereocenters. The minimum Gasteiger partial charge on any atom is -0.490 e. The molecule has 1 heterocycles. The maximum absolute atomic E-state index is 12.6. The minimum absolute atomic E-state index is 0.181. The molecule has 0 radical (unpaired) electrons. The smallest absolute Gasteiger partial charge is 0.289 e. The number of hydrogen-bond acceptors (Lipinski definition) is 3. The molecule has 0 saturated carbocycles. The molecule has 1 amide bonds. The van der Waals surface area contributed by atoms with Crippen molar-refractivity contribution in [3.8, 4) is 5.75 Å². The number of amides is 1. The summed E-state index contributed by atoms with van der Waals surface area (Å²) >= 11 is 5.97. The number of rotatable bonds is 6. The zero-order valence-electron chi connectivity index (χ0n) is 13.9. The van der Waals surface area contributed by atoms with Crippen LogP contribution in [0.1, 0.15) is 16.1 Å².